The van der Waals surface area contributed by atoms with Gasteiger partial charge < -0.3 is 10.3 Å². The first-order valence-corrected chi connectivity index (χ1v) is 11.8. The zero-order valence-corrected chi connectivity index (χ0v) is 19.5. The number of anilines is 1. The number of carbonyl (C=O) groups excluding carboxylic acids is 1. The molecule has 0 radical (unpaired) electrons. The van der Waals surface area contributed by atoms with E-state index < -0.39 is 6.17 Å². The number of nitrogens with one attached hydrogen (secondary N) is 3. The van der Waals surface area contributed by atoms with E-state index in [1.807, 2.05) is 24.3 Å². The van der Waals surface area contributed by atoms with Crippen LogP contribution in [0.25, 0.3) is 44.7 Å². The van der Waals surface area contributed by atoms with Gasteiger partial charge in [0.25, 0.3) is 0 Å². The molecule has 5 aromatic heterocycles. The number of H-pyrrole nitrogens is 2. The molecular formula is C26H23FN8O. The first kappa shape index (κ1) is 22.0. The Balaban J connectivity index is 1.40. The number of rotatable bonds is 5. The van der Waals surface area contributed by atoms with Crippen LogP contribution in [0.4, 0.5) is 10.1 Å². The van der Waals surface area contributed by atoms with Gasteiger partial charge in [-0.15, -0.1) is 0 Å². The minimum Gasteiger partial charge on any atom is -0.335 e. The molecule has 0 aliphatic heterocycles. The number of carbonyl (C=O) groups is 1. The number of aromatic amines is 2. The third-order valence-electron chi connectivity index (χ3n) is 6.41. The maximum absolute atomic E-state index is 14.1. The maximum Gasteiger partial charge on any atom is 0.224 e. The zero-order valence-electron chi connectivity index (χ0n) is 19.5. The molecular weight excluding hydrogens is 459 g/mol. The first-order chi connectivity index (χ1) is 17.6. The molecule has 6 rings (SSSR count). The van der Waals surface area contributed by atoms with E-state index in [2.05, 4.69) is 35.5 Å². The van der Waals surface area contributed by atoms with Gasteiger partial charge in [0.05, 0.1) is 34.5 Å². The van der Waals surface area contributed by atoms with Crippen LogP contribution in [-0.2, 0) is 4.79 Å². The predicted octanol–water partition coefficient (Wildman–Crippen LogP) is 5.08. The van der Waals surface area contributed by atoms with Crippen molar-refractivity contribution in [3.63, 3.8) is 0 Å². The summed E-state index contributed by atoms with van der Waals surface area (Å²) in [5, 5.41) is 11.0. The van der Waals surface area contributed by atoms with E-state index >= 15 is 0 Å². The van der Waals surface area contributed by atoms with E-state index in [4.69, 9.17) is 4.98 Å². The zero-order chi connectivity index (χ0) is 24.6. The normalized spacial score (nSPS) is 17.6. The lowest BCUT2D eigenvalue weighted by atomic mass is 9.88. The van der Waals surface area contributed by atoms with E-state index in [1.54, 1.807) is 37.9 Å². The summed E-state index contributed by atoms with van der Waals surface area (Å²) in [4.78, 5) is 33.1. The standard InChI is InChI=1S/C26H23FN8O/c1-2-22(36)31-18-7-15(9-28-11-18)16-8-19-24(34-35-25(19)30-10-16)26-32-21-13-29-12-20(23(21)33-26)14-4-3-5-17(27)6-14/h3-4,7-14,17H,2,5-6H2,1H3,(H,31,36)(H,32,33)(H,30,34,35). The Morgan fingerprint density at radius 2 is 2.00 bits per heavy atom. The Kier molecular flexibility index (Phi) is 5.48. The molecule has 36 heavy (non-hydrogen) atoms. The summed E-state index contributed by atoms with van der Waals surface area (Å²) in [7, 11) is 0. The molecule has 0 spiro atoms. The number of alkyl halides is 1. The molecule has 2 atom stereocenters. The van der Waals surface area contributed by atoms with E-state index in [0.29, 0.717) is 42.1 Å². The number of pyridine rings is 3. The summed E-state index contributed by atoms with van der Waals surface area (Å²) in [6, 6.07) is 3.83. The number of imidazole rings is 1. The van der Waals surface area contributed by atoms with Crippen LogP contribution in [0.5, 0.6) is 0 Å². The van der Waals surface area contributed by atoms with Crippen LogP contribution < -0.4 is 5.32 Å². The molecule has 0 fully saturated rings. The van der Waals surface area contributed by atoms with Gasteiger partial charge >= 0.3 is 0 Å². The molecule has 0 bridgehead atoms. The molecule has 9 nitrogen and oxygen atoms in total. The summed E-state index contributed by atoms with van der Waals surface area (Å²) in [5.41, 5.74) is 5.92. The second kappa shape index (κ2) is 8.95. The average molecular weight is 483 g/mol. The number of hydrogen-bond acceptors (Lipinski definition) is 6. The van der Waals surface area contributed by atoms with Gasteiger partial charge in [0.2, 0.25) is 5.91 Å². The van der Waals surface area contributed by atoms with Crippen LogP contribution in [0.3, 0.4) is 0 Å². The molecule has 10 heteroatoms. The van der Waals surface area contributed by atoms with Crippen molar-refractivity contribution in [1.82, 2.24) is 35.1 Å². The van der Waals surface area contributed by atoms with Crippen molar-refractivity contribution in [2.45, 2.75) is 38.3 Å². The number of fused-ring (bicyclic) bond motifs is 2. The number of allylic oxidation sites excluding steroid dienone is 2. The van der Waals surface area contributed by atoms with Crippen LogP contribution in [0, 0.1) is 0 Å². The minimum absolute atomic E-state index is 0.0687. The SMILES string of the molecule is CCC(=O)Nc1cncc(-c2cnc3n[nH]c(-c4nc5c(C6C=CCC(F)C6)cncc5[nH]4)c3c2)c1. The van der Waals surface area contributed by atoms with Gasteiger partial charge in [0, 0.05) is 47.6 Å². The molecule has 5 aromatic rings. The van der Waals surface area contributed by atoms with Crippen LogP contribution in [0.2, 0.25) is 0 Å². The fourth-order valence-corrected chi connectivity index (χ4v) is 4.57. The molecule has 1 aliphatic carbocycles. The van der Waals surface area contributed by atoms with Crippen molar-refractivity contribution in [3.05, 3.63) is 60.8 Å². The number of hydrogen-bond donors (Lipinski definition) is 3. The van der Waals surface area contributed by atoms with Gasteiger partial charge in [-0.2, -0.15) is 5.10 Å². The average Bonchev–Trinajstić information content (AvgIpc) is 3.52. The molecule has 0 saturated carbocycles. The van der Waals surface area contributed by atoms with Gasteiger partial charge in [0.15, 0.2) is 11.5 Å². The van der Waals surface area contributed by atoms with Crippen molar-refractivity contribution in [3.8, 4) is 22.6 Å². The van der Waals surface area contributed by atoms with Crippen LogP contribution in [0.1, 0.15) is 37.7 Å². The summed E-state index contributed by atoms with van der Waals surface area (Å²) < 4.78 is 14.1. The first-order valence-electron chi connectivity index (χ1n) is 11.8. The third kappa shape index (κ3) is 4.00. The molecule has 180 valence electrons. The van der Waals surface area contributed by atoms with Gasteiger partial charge in [-0.25, -0.2) is 14.4 Å². The molecule has 5 heterocycles. The Bertz CT molecular complexity index is 1620. The Hall–Kier alpha value is -4.47. The molecule has 3 N–H and O–H groups in total. The fraction of sp³-hybridized carbons (Fsp3) is 0.231. The van der Waals surface area contributed by atoms with Gasteiger partial charge in [-0.05, 0) is 25.0 Å². The lowest BCUT2D eigenvalue weighted by Crippen LogP contribution is -2.11. The quantitative estimate of drug-likeness (QED) is 0.300. The van der Waals surface area contributed by atoms with Crippen molar-refractivity contribution >= 4 is 33.7 Å². The lowest BCUT2D eigenvalue weighted by Gasteiger charge is -2.19. The fourth-order valence-electron chi connectivity index (χ4n) is 4.57. The Morgan fingerprint density at radius 3 is 2.86 bits per heavy atom. The smallest absolute Gasteiger partial charge is 0.224 e. The number of aromatic nitrogens is 7. The highest BCUT2D eigenvalue weighted by Crippen LogP contribution is 2.35. The summed E-state index contributed by atoms with van der Waals surface area (Å²) in [6.07, 6.45) is 12.9. The molecule has 0 saturated heterocycles. The predicted molar refractivity (Wildman–Crippen MR) is 135 cm³/mol. The largest absolute Gasteiger partial charge is 0.335 e. The van der Waals surface area contributed by atoms with E-state index in [-0.39, 0.29) is 11.8 Å². The van der Waals surface area contributed by atoms with Crippen molar-refractivity contribution in [2.75, 3.05) is 5.32 Å². The Morgan fingerprint density at radius 1 is 1.14 bits per heavy atom. The van der Waals surface area contributed by atoms with Crippen LogP contribution >= 0.6 is 0 Å². The molecule has 2 unspecified atom stereocenters. The monoisotopic (exact) mass is 482 g/mol. The summed E-state index contributed by atoms with van der Waals surface area (Å²) in [6.45, 7) is 1.80. The number of amides is 1. The van der Waals surface area contributed by atoms with Gasteiger partial charge in [-0.3, -0.25) is 19.9 Å². The highest BCUT2D eigenvalue weighted by atomic mass is 19.1. The minimum atomic E-state index is -0.863. The van der Waals surface area contributed by atoms with Crippen molar-refractivity contribution in [2.24, 2.45) is 0 Å². The van der Waals surface area contributed by atoms with Crippen LogP contribution in [-0.4, -0.2) is 47.2 Å². The lowest BCUT2D eigenvalue weighted by molar-refractivity contribution is -0.115. The van der Waals surface area contributed by atoms with E-state index in [1.165, 1.54) is 0 Å². The highest BCUT2D eigenvalue weighted by Gasteiger charge is 2.23. The van der Waals surface area contributed by atoms with Crippen LogP contribution in [0.15, 0.2) is 55.3 Å². The van der Waals surface area contributed by atoms with E-state index in [9.17, 15) is 9.18 Å². The topological polar surface area (TPSA) is 125 Å². The molecule has 1 amide bonds. The molecule has 0 aromatic carbocycles. The van der Waals surface area contributed by atoms with Gasteiger partial charge in [0.1, 0.15) is 11.9 Å². The summed E-state index contributed by atoms with van der Waals surface area (Å²) in [5.74, 6) is 0.448. The number of halogens is 1. The highest BCUT2D eigenvalue weighted by molar-refractivity contribution is 5.94. The number of nitrogens with zero attached hydrogens (tertiary/aromatic N) is 5. The second-order valence-electron chi connectivity index (χ2n) is 8.87. The maximum atomic E-state index is 14.1. The summed E-state index contributed by atoms with van der Waals surface area (Å²) >= 11 is 0. The Labute approximate surface area is 205 Å². The van der Waals surface area contributed by atoms with E-state index in [0.717, 1.165) is 33.1 Å². The van der Waals surface area contributed by atoms with Gasteiger partial charge in [-0.1, -0.05) is 19.1 Å². The van der Waals surface area contributed by atoms with Crippen molar-refractivity contribution < 1.29 is 9.18 Å². The second-order valence-corrected chi connectivity index (χ2v) is 8.87. The van der Waals surface area contributed by atoms with Crippen molar-refractivity contribution in [1.29, 1.82) is 0 Å². The third-order valence-corrected chi connectivity index (χ3v) is 6.41. The molecule has 1 aliphatic rings.